The van der Waals surface area contributed by atoms with Gasteiger partial charge in [-0.05, 0) is 51.0 Å². The molecular weight excluding hydrogens is 344 g/mol. The molecule has 0 aliphatic carbocycles. The molecule has 2 rings (SSSR count). The number of likely N-dealkylation sites (tertiary alicyclic amines) is 1. The van der Waals surface area contributed by atoms with Crippen LogP contribution in [0.2, 0.25) is 0 Å². The maximum Gasteiger partial charge on any atom is 0.306 e. The summed E-state index contributed by atoms with van der Waals surface area (Å²) in [6, 6.07) is 9.73. The van der Waals surface area contributed by atoms with Gasteiger partial charge >= 0.3 is 5.97 Å². The van der Waals surface area contributed by atoms with E-state index < -0.39 is 11.9 Å². The first kappa shape index (κ1) is 20.3. The maximum atomic E-state index is 12.5. The van der Waals surface area contributed by atoms with E-state index in [4.69, 9.17) is 5.11 Å². The van der Waals surface area contributed by atoms with Crippen molar-refractivity contribution in [2.24, 2.45) is 5.92 Å². The zero-order valence-electron chi connectivity index (χ0n) is 15.8. The maximum absolute atomic E-state index is 12.5. The molecule has 0 atom stereocenters. The number of amides is 1. The van der Waals surface area contributed by atoms with Gasteiger partial charge in [-0.25, -0.2) is 0 Å². The van der Waals surface area contributed by atoms with Crippen molar-refractivity contribution in [1.29, 1.82) is 5.26 Å². The van der Waals surface area contributed by atoms with Crippen molar-refractivity contribution in [1.82, 2.24) is 4.90 Å². The van der Waals surface area contributed by atoms with Crippen LogP contribution in [0.4, 0.5) is 11.4 Å². The number of aliphatic carboxylic acids is 1. The highest BCUT2D eigenvalue weighted by molar-refractivity contribution is 5.97. The first-order chi connectivity index (χ1) is 13.0. The van der Waals surface area contributed by atoms with Gasteiger partial charge < -0.3 is 20.2 Å². The van der Waals surface area contributed by atoms with E-state index in [1.54, 1.807) is 4.90 Å². The highest BCUT2D eigenvalue weighted by Crippen LogP contribution is 2.20. The molecular formula is C20H26N4O3. The Kier molecular flexibility index (Phi) is 7.24. The Morgan fingerprint density at radius 2 is 1.85 bits per heavy atom. The lowest BCUT2D eigenvalue weighted by atomic mass is 9.97. The van der Waals surface area contributed by atoms with Gasteiger partial charge in [0.05, 0.1) is 5.92 Å². The first-order valence-electron chi connectivity index (χ1n) is 9.24. The summed E-state index contributed by atoms with van der Waals surface area (Å²) in [4.78, 5) is 27.3. The number of piperidine rings is 1. The van der Waals surface area contributed by atoms with Crippen LogP contribution in [-0.4, -0.2) is 48.1 Å². The highest BCUT2D eigenvalue weighted by Gasteiger charge is 2.28. The van der Waals surface area contributed by atoms with Crippen molar-refractivity contribution in [3.63, 3.8) is 0 Å². The number of hydrogen-bond acceptors (Lipinski definition) is 5. The molecule has 1 aliphatic heterocycles. The molecule has 0 saturated carbocycles. The van der Waals surface area contributed by atoms with Gasteiger partial charge in [-0.1, -0.05) is 0 Å². The molecule has 1 aromatic carbocycles. The van der Waals surface area contributed by atoms with Crippen LogP contribution in [0.3, 0.4) is 0 Å². The Morgan fingerprint density at radius 3 is 2.33 bits per heavy atom. The SMILES string of the molecule is CCN(CC)c1ccc(N/C=C(/C#N)C(=O)N2CCC(C(=O)O)CC2)cc1. The number of carboxylic acids is 1. The average molecular weight is 370 g/mol. The number of carbonyl (C=O) groups excluding carboxylic acids is 1. The predicted octanol–water partition coefficient (Wildman–Crippen LogP) is 2.68. The molecule has 1 amide bonds. The van der Waals surface area contributed by atoms with Crippen molar-refractivity contribution in [3.05, 3.63) is 36.0 Å². The Balaban J connectivity index is 1.99. The molecule has 0 bridgehead atoms. The number of benzene rings is 1. The summed E-state index contributed by atoms with van der Waals surface area (Å²) < 4.78 is 0. The van der Waals surface area contributed by atoms with Crippen molar-refractivity contribution < 1.29 is 14.7 Å². The molecule has 0 radical (unpaired) electrons. The van der Waals surface area contributed by atoms with Crippen molar-refractivity contribution in [2.75, 3.05) is 36.4 Å². The molecule has 27 heavy (non-hydrogen) atoms. The normalized spacial score (nSPS) is 15.1. The summed E-state index contributed by atoms with van der Waals surface area (Å²) in [6.45, 7) is 6.76. The van der Waals surface area contributed by atoms with Crippen LogP contribution >= 0.6 is 0 Å². The Morgan fingerprint density at radius 1 is 1.26 bits per heavy atom. The second-order valence-corrected chi connectivity index (χ2v) is 6.44. The Bertz CT molecular complexity index is 725. The van der Waals surface area contributed by atoms with E-state index in [-0.39, 0.29) is 11.5 Å². The minimum atomic E-state index is -0.826. The fourth-order valence-electron chi connectivity index (χ4n) is 3.15. The second kappa shape index (κ2) is 9.62. The Hall–Kier alpha value is -3.01. The highest BCUT2D eigenvalue weighted by atomic mass is 16.4. The van der Waals surface area contributed by atoms with Crippen LogP contribution in [0.15, 0.2) is 36.0 Å². The number of carbonyl (C=O) groups is 2. The predicted molar refractivity (Wildman–Crippen MR) is 104 cm³/mol. The van der Waals surface area contributed by atoms with E-state index in [0.717, 1.165) is 24.5 Å². The van der Waals surface area contributed by atoms with Crippen LogP contribution < -0.4 is 10.2 Å². The third kappa shape index (κ3) is 5.23. The van der Waals surface area contributed by atoms with Crippen LogP contribution in [-0.2, 0) is 9.59 Å². The quantitative estimate of drug-likeness (QED) is 0.566. The van der Waals surface area contributed by atoms with Gasteiger partial charge in [0.1, 0.15) is 11.6 Å². The third-order valence-corrected chi connectivity index (χ3v) is 4.86. The summed E-state index contributed by atoms with van der Waals surface area (Å²) in [5.74, 6) is -1.60. The van der Waals surface area contributed by atoms with E-state index in [1.165, 1.54) is 6.20 Å². The molecule has 0 aromatic heterocycles. The summed E-state index contributed by atoms with van der Waals surface area (Å²) in [7, 11) is 0. The molecule has 1 aromatic rings. The number of hydrogen-bond donors (Lipinski definition) is 2. The minimum Gasteiger partial charge on any atom is -0.481 e. The monoisotopic (exact) mass is 370 g/mol. The molecule has 1 aliphatic rings. The first-order valence-corrected chi connectivity index (χ1v) is 9.24. The lowest BCUT2D eigenvalue weighted by Gasteiger charge is -2.29. The van der Waals surface area contributed by atoms with Gasteiger partial charge in [-0.3, -0.25) is 9.59 Å². The molecule has 0 spiro atoms. The molecule has 1 fully saturated rings. The Labute approximate surface area is 159 Å². The van der Waals surface area contributed by atoms with Crippen LogP contribution in [0.25, 0.3) is 0 Å². The van der Waals surface area contributed by atoms with E-state index in [2.05, 4.69) is 24.1 Å². The van der Waals surface area contributed by atoms with Gasteiger partial charge in [0.2, 0.25) is 0 Å². The van der Waals surface area contributed by atoms with E-state index in [0.29, 0.717) is 25.9 Å². The molecule has 1 saturated heterocycles. The van der Waals surface area contributed by atoms with E-state index in [9.17, 15) is 14.9 Å². The van der Waals surface area contributed by atoms with Gasteiger partial charge in [-0.15, -0.1) is 0 Å². The average Bonchev–Trinajstić information content (AvgIpc) is 2.70. The molecule has 0 unspecified atom stereocenters. The number of anilines is 2. The summed E-state index contributed by atoms with van der Waals surface area (Å²) in [5, 5.41) is 21.4. The molecule has 144 valence electrons. The van der Waals surface area contributed by atoms with Gasteiger partial charge in [0, 0.05) is 43.8 Å². The van der Waals surface area contributed by atoms with Gasteiger partial charge in [-0.2, -0.15) is 5.26 Å². The van der Waals surface area contributed by atoms with Crippen molar-refractivity contribution >= 4 is 23.3 Å². The summed E-state index contributed by atoms with van der Waals surface area (Å²) in [6.07, 6.45) is 2.25. The number of carboxylic acid groups (broad SMARTS) is 1. The number of rotatable bonds is 7. The van der Waals surface area contributed by atoms with Gasteiger partial charge in [0.25, 0.3) is 5.91 Å². The molecule has 2 N–H and O–H groups in total. The topological polar surface area (TPSA) is 96.7 Å². The van der Waals surface area contributed by atoms with Crippen molar-refractivity contribution in [3.8, 4) is 6.07 Å². The van der Waals surface area contributed by atoms with E-state index in [1.807, 2.05) is 30.3 Å². The zero-order chi connectivity index (χ0) is 19.8. The number of nitrogens with one attached hydrogen (secondary N) is 1. The molecule has 7 heteroatoms. The number of nitrogens with zero attached hydrogens (tertiary/aromatic N) is 3. The lowest BCUT2D eigenvalue weighted by molar-refractivity contribution is -0.145. The van der Waals surface area contributed by atoms with Crippen LogP contribution in [0, 0.1) is 17.2 Å². The minimum absolute atomic E-state index is 0.0107. The lowest BCUT2D eigenvalue weighted by Crippen LogP contribution is -2.40. The molecule has 7 nitrogen and oxygen atoms in total. The third-order valence-electron chi connectivity index (χ3n) is 4.86. The van der Waals surface area contributed by atoms with Gasteiger partial charge in [0.15, 0.2) is 0 Å². The standard InChI is InChI=1S/C20H26N4O3/c1-3-23(4-2)18-7-5-17(6-8-18)22-14-16(13-21)19(25)24-11-9-15(10-12-24)20(26)27/h5-8,14-15,22H,3-4,9-12H2,1-2H3,(H,26,27)/b16-14-. The number of nitriles is 1. The largest absolute Gasteiger partial charge is 0.481 e. The fraction of sp³-hybridized carbons (Fsp3) is 0.450. The fourth-order valence-corrected chi connectivity index (χ4v) is 3.15. The summed E-state index contributed by atoms with van der Waals surface area (Å²) >= 11 is 0. The van der Waals surface area contributed by atoms with Crippen LogP contribution in [0.5, 0.6) is 0 Å². The zero-order valence-corrected chi connectivity index (χ0v) is 15.8. The van der Waals surface area contributed by atoms with Crippen molar-refractivity contribution in [2.45, 2.75) is 26.7 Å². The summed E-state index contributed by atoms with van der Waals surface area (Å²) in [5.41, 5.74) is 1.92. The second-order valence-electron chi connectivity index (χ2n) is 6.44. The smallest absolute Gasteiger partial charge is 0.306 e. The molecule has 1 heterocycles. The van der Waals surface area contributed by atoms with Crippen LogP contribution in [0.1, 0.15) is 26.7 Å². The van der Waals surface area contributed by atoms with E-state index >= 15 is 0 Å².